The first kappa shape index (κ1) is 21.9. The standard InChI is InChI=1S/C18H26ClNO6S/c1-3-25-17(21)18(8-11-24-12-9-18)14-27(22,23)20(2)10-13-26-16-6-4-15(19)5-7-16/h4-7H,3,8-14H2,1-2H3. The molecule has 0 unspecified atom stereocenters. The molecule has 1 fully saturated rings. The smallest absolute Gasteiger partial charge is 0.313 e. The van der Waals surface area contributed by atoms with Crippen LogP contribution in [0, 0.1) is 5.41 Å². The van der Waals surface area contributed by atoms with Crippen LogP contribution >= 0.6 is 11.6 Å². The molecule has 2 rings (SSSR count). The second-order valence-electron chi connectivity index (χ2n) is 6.49. The van der Waals surface area contributed by atoms with E-state index in [0.29, 0.717) is 36.8 Å². The lowest BCUT2D eigenvalue weighted by molar-refractivity contribution is -0.159. The fourth-order valence-corrected chi connectivity index (χ4v) is 4.68. The van der Waals surface area contributed by atoms with Gasteiger partial charge in [0.1, 0.15) is 12.4 Å². The molecule has 0 aliphatic carbocycles. The maximum Gasteiger partial charge on any atom is 0.313 e. The Morgan fingerprint density at radius 3 is 2.48 bits per heavy atom. The van der Waals surface area contributed by atoms with Crippen LogP contribution in [0.2, 0.25) is 5.02 Å². The van der Waals surface area contributed by atoms with Gasteiger partial charge in [0, 0.05) is 31.8 Å². The number of hydrogen-bond acceptors (Lipinski definition) is 6. The molecule has 1 aliphatic heterocycles. The summed E-state index contributed by atoms with van der Waals surface area (Å²) < 4.78 is 42.8. The van der Waals surface area contributed by atoms with E-state index in [1.807, 2.05) is 0 Å². The summed E-state index contributed by atoms with van der Waals surface area (Å²) in [6.45, 7) is 2.97. The van der Waals surface area contributed by atoms with Crippen molar-refractivity contribution in [1.29, 1.82) is 0 Å². The number of rotatable bonds is 9. The van der Waals surface area contributed by atoms with E-state index in [2.05, 4.69) is 0 Å². The molecule has 1 aromatic carbocycles. The first-order chi connectivity index (χ1) is 12.8. The third-order valence-corrected chi connectivity index (χ3v) is 6.88. The maximum atomic E-state index is 12.8. The molecule has 0 spiro atoms. The molecule has 9 heteroatoms. The highest BCUT2D eigenvalue weighted by molar-refractivity contribution is 7.89. The molecule has 1 saturated heterocycles. The van der Waals surface area contributed by atoms with Gasteiger partial charge in [0.05, 0.1) is 17.8 Å². The average Bonchev–Trinajstić information content (AvgIpc) is 2.64. The van der Waals surface area contributed by atoms with Gasteiger partial charge in [-0.1, -0.05) is 11.6 Å². The summed E-state index contributed by atoms with van der Waals surface area (Å²) in [5.74, 6) is -0.153. The van der Waals surface area contributed by atoms with E-state index < -0.39 is 21.4 Å². The first-order valence-corrected chi connectivity index (χ1v) is 10.9. The van der Waals surface area contributed by atoms with E-state index in [1.54, 1.807) is 31.2 Å². The van der Waals surface area contributed by atoms with Crippen molar-refractivity contribution in [3.05, 3.63) is 29.3 Å². The van der Waals surface area contributed by atoms with Crippen molar-refractivity contribution in [1.82, 2.24) is 4.31 Å². The monoisotopic (exact) mass is 419 g/mol. The normalized spacial score (nSPS) is 16.9. The molecule has 7 nitrogen and oxygen atoms in total. The number of carbonyl (C=O) groups excluding carboxylic acids is 1. The predicted octanol–water partition coefficient (Wildman–Crippen LogP) is 2.34. The molecular weight excluding hydrogens is 394 g/mol. The van der Waals surface area contributed by atoms with Gasteiger partial charge in [-0.05, 0) is 44.0 Å². The SMILES string of the molecule is CCOC(=O)C1(CS(=O)(=O)N(C)CCOc2ccc(Cl)cc2)CCOCC1. The van der Waals surface area contributed by atoms with Crippen LogP contribution in [0.25, 0.3) is 0 Å². The van der Waals surface area contributed by atoms with Gasteiger partial charge in [0.25, 0.3) is 0 Å². The zero-order valence-electron chi connectivity index (χ0n) is 15.6. The highest BCUT2D eigenvalue weighted by Gasteiger charge is 2.46. The molecule has 0 saturated carbocycles. The Bertz CT molecular complexity index is 716. The molecule has 152 valence electrons. The number of carbonyl (C=O) groups is 1. The van der Waals surface area contributed by atoms with Crippen LogP contribution in [-0.2, 0) is 24.3 Å². The van der Waals surface area contributed by atoms with Gasteiger partial charge < -0.3 is 14.2 Å². The molecule has 1 aromatic rings. The second kappa shape index (κ2) is 9.73. The number of ether oxygens (including phenoxy) is 3. The summed E-state index contributed by atoms with van der Waals surface area (Å²) in [6.07, 6.45) is 0.667. The predicted molar refractivity (Wildman–Crippen MR) is 102 cm³/mol. The van der Waals surface area contributed by atoms with Gasteiger partial charge in [0.15, 0.2) is 0 Å². The minimum absolute atomic E-state index is 0.167. The van der Waals surface area contributed by atoms with Crippen LogP contribution in [0.3, 0.4) is 0 Å². The van der Waals surface area contributed by atoms with Crippen molar-refractivity contribution in [2.45, 2.75) is 19.8 Å². The quantitative estimate of drug-likeness (QED) is 0.571. The third-order valence-electron chi connectivity index (χ3n) is 4.58. The Hall–Kier alpha value is -1.35. The second-order valence-corrected chi connectivity index (χ2v) is 9.01. The molecule has 0 radical (unpaired) electrons. The number of halogens is 1. The lowest BCUT2D eigenvalue weighted by Gasteiger charge is -2.35. The molecule has 1 aliphatic rings. The summed E-state index contributed by atoms with van der Waals surface area (Å²) in [5, 5.41) is 0.600. The van der Waals surface area contributed by atoms with E-state index in [0.717, 1.165) is 0 Å². The first-order valence-electron chi connectivity index (χ1n) is 8.86. The molecular formula is C18H26ClNO6S. The summed E-state index contributed by atoms with van der Waals surface area (Å²) in [7, 11) is -2.18. The molecule has 0 bridgehead atoms. The summed E-state index contributed by atoms with van der Waals surface area (Å²) in [4.78, 5) is 12.5. The maximum absolute atomic E-state index is 12.8. The third kappa shape index (κ3) is 6.07. The largest absolute Gasteiger partial charge is 0.492 e. The van der Waals surface area contributed by atoms with Gasteiger partial charge in [-0.3, -0.25) is 4.79 Å². The van der Waals surface area contributed by atoms with E-state index in [1.165, 1.54) is 11.4 Å². The highest BCUT2D eigenvalue weighted by Crippen LogP contribution is 2.34. The fourth-order valence-electron chi connectivity index (χ4n) is 2.88. The lowest BCUT2D eigenvalue weighted by atomic mass is 9.82. The van der Waals surface area contributed by atoms with E-state index in [9.17, 15) is 13.2 Å². The molecule has 0 N–H and O–H groups in total. The van der Waals surface area contributed by atoms with Crippen LogP contribution in [0.1, 0.15) is 19.8 Å². The van der Waals surface area contributed by atoms with E-state index in [4.69, 9.17) is 25.8 Å². The number of hydrogen-bond donors (Lipinski definition) is 0. The average molecular weight is 420 g/mol. The van der Waals surface area contributed by atoms with Gasteiger partial charge in [0.2, 0.25) is 10.0 Å². The number of sulfonamides is 1. The Balaban J connectivity index is 1.97. The Labute approximate surface area is 165 Å². The van der Waals surface area contributed by atoms with Gasteiger partial charge >= 0.3 is 5.97 Å². The number of esters is 1. The minimum Gasteiger partial charge on any atom is -0.492 e. The molecule has 0 amide bonds. The van der Waals surface area contributed by atoms with E-state index >= 15 is 0 Å². The van der Waals surface area contributed by atoms with Crippen LogP contribution in [0.15, 0.2) is 24.3 Å². The number of likely N-dealkylation sites (N-methyl/N-ethyl adjacent to an activating group) is 1. The van der Waals surface area contributed by atoms with E-state index in [-0.39, 0.29) is 25.5 Å². The van der Waals surface area contributed by atoms with Crippen molar-refractivity contribution in [3.63, 3.8) is 0 Å². The van der Waals surface area contributed by atoms with Crippen LogP contribution in [0.4, 0.5) is 0 Å². The highest BCUT2D eigenvalue weighted by atomic mass is 35.5. The van der Waals surface area contributed by atoms with Crippen molar-refractivity contribution >= 4 is 27.6 Å². The van der Waals surface area contributed by atoms with Crippen LogP contribution in [-0.4, -0.2) is 64.5 Å². The van der Waals surface area contributed by atoms with Crippen molar-refractivity contribution < 1.29 is 27.4 Å². The topological polar surface area (TPSA) is 82.1 Å². The molecule has 0 atom stereocenters. The molecule has 27 heavy (non-hydrogen) atoms. The van der Waals surface area contributed by atoms with Crippen molar-refractivity contribution in [2.24, 2.45) is 5.41 Å². The van der Waals surface area contributed by atoms with Gasteiger partial charge in [-0.25, -0.2) is 12.7 Å². The zero-order chi connectivity index (χ0) is 19.9. The van der Waals surface area contributed by atoms with Crippen LogP contribution in [0.5, 0.6) is 5.75 Å². The molecule has 0 aromatic heterocycles. The summed E-state index contributed by atoms with van der Waals surface area (Å²) in [5.41, 5.74) is -1.06. The minimum atomic E-state index is -3.67. The lowest BCUT2D eigenvalue weighted by Crippen LogP contribution is -2.47. The number of nitrogens with zero attached hydrogens (tertiary/aromatic N) is 1. The zero-order valence-corrected chi connectivity index (χ0v) is 17.2. The van der Waals surface area contributed by atoms with Gasteiger partial charge in [-0.2, -0.15) is 0 Å². The Kier molecular flexibility index (Phi) is 7.91. The van der Waals surface area contributed by atoms with Gasteiger partial charge in [-0.15, -0.1) is 0 Å². The summed E-state index contributed by atoms with van der Waals surface area (Å²) >= 11 is 5.82. The van der Waals surface area contributed by atoms with Crippen molar-refractivity contribution in [2.75, 3.05) is 45.8 Å². The van der Waals surface area contributed by atoms with Crippen LogP contribution < -0.4 is 4.74 Å². The Morgan fingerprint density at radius 1 is 1.26 bits per heavy atom. The fraction of sp³-hybridized carbons (Fsp3) is 0.611. The Morgan fingerprint density at radius 2 is 1.89 bits per heavy atom. The summed E-state index contributed by atoms with van der Waals surface area (Å²) in [6, 6.07) is 6.83. The molecule has 1 heterocycles. The number of benzene rings is 1. The van der Waals surface area contributed by atoms with Crippen molar-refractivity contribution in [3.8, 4) is 5.75 Å².